The Hall–Kier alpha value is -2.55. The first-order valence-electron chi connectivity index (χ1n) is 6.79. The molecule has 106 valence electrons. The number of hydrogen-bond donors (Lipinski definition) is 0. The van der Waals surface area contributed by atoms with E-state index in [2.05, 4.69) is 0 Å². The van der Waals surface area contributed by atoms with Gasteiger partial charge in [0.05, 0.1) is 12.5 Å². The van der Waals surface area contributed by atoms with Gasteiger partial charge in [0, 0.05) is 17.7 Å². The third-order valence-corrected chi connectivity index (χ3v) is 3.82. The van der Waals surface area contributed by atoms with Gasteiger partial charge < -0.3 is 9.15 Å². The van der Waals surface area contributed by atoms with Crippen LogP contribution in [0.5, 0.6) is 5.75 Å². The van der Waals surface area contributed by atoms with Gasteiger partial charge in [0.15, 0.2) is 5.43 Å². The first-order valence-corrected chi connectivity index (χ1v) is 6.79. The minimum absolute atomic E-state index is 0.0293. The van der Waals surface area contributed by atoms with Crippen LogP contribution < -0.4 is 10.2 Å². The lowest BCUT2D eigenvalue weighted by Crippen LogP contribution is -2.04. The summed E-state index contributed by atoms with van der Waals surface area (Å²) in [7, 11) is 1.62. The zero-order valence-electron chi connectivity index (χ0n) is 12.3. The summed E-state index contributed by atoms with van der Waals surface area (Å²) in [5.74, 6) is 1.30. The van der Waals surface area contributed by atoms with Crippen LogP contribution in [0.4, 0.5) is 0 Å². The molecule has 0 aliphatic rings. The highest BCUT2D eigenvalue weighted by atomic mass is 16.5. The highest BCUT2D eigenvalue weighted by Crippen LogP contribution is 2.30. The van der Waals surface area contributed by atoms with Gasteiger partial charge in [-0.25, -0.2) is 0 Å². The van der Waals surface area contributed by atoms with Gasteiger partial charge >= 0.3 is 0 Å². The van der Waals surface area contributed by atoms with Crippen LogP contribution in [0.3, 0.4) is 0 Å². The lowest BCUT2D eigenvalue weighted by atomic mass is 10.0. The van der Waals surface area contributed by atoms with E-state index in [4.69, 9.17) is 9.15 Å². The van der Waals surface area contributed by atoms with Crippen molar-refractivity contribution in [3.8, 4) is 17.1 Å². The quantitative estimate of drug-likeness (QED) is 0.710. The van der Waals surface area contributed by atoms with Crippen LogP contribution in [-0.2, 0) is 0 Å². The molecule has 0 saturated heterocycles. The van der Waals surface area contributed by atoms with Crippen LogP contribution in [0.25, 0.3) is 22.3 Å². The summed E-state index contributed by atoms with van der Waals surface area (Å²) in [5, 5.41) is 0.619. The average molecular weight is 280 g/mol. The van der Waals surface area contributed by atoms with Crippen LogP contribution in [0.1, 0.15) is 11.1 Å². The number of rotatable bonds is 2. The van der Waals surface area contributed by atoms with Crippen molar-refractivity contribution in [2.45, 2.75) is 13.8 Å². The molecule has 0 N–H and O–H groups in total. The number of ether oxygens (including phenoxy) is 1. The Morgan fingerprint density at radius 2 is 1.71 bits per heavy atom. The Bertz CT molecular complexity index is 861. The van der Waals surface area contributed by atoms with Gasteiger partial charge in [-0.15, -0.1) is 0 Å². The molecule has 0 aliphatic carbocycles. The molecule has 1 aromatic heterocycles. The van der Waals surface area contributed by atoms with E-state index >= 15 is 0 Å². The molecule has 2 aromatic carbocycles. The molecule has 3 rings (SSSR count). The van der Waals surface area contributed by atoms with Crippen LogP contribution in [0.2, 0.25) is 0 Å². The highest BCUT2D eigenvalue weighted by Gasteiger charge is 2.13. The summed E-state index contributed by atoms with van der Waals surface area (Å²) in [6.45, 7) is 3.86. The second-order valence-corrected chi connectivity index (χ2v) is 5.04. The van der Waals surface area contributed by atoms with Gasteiger partial charge in [0.25, 0.3) is 0 Å². The molecule has 0 atom stereocenters. The lowest BCUT2D eigenvalue weighted by Gasteiger charge is -2.11. The summed E-state index contributed by atoms with van der Waals surface area (Å²) in [4.78, 5) is 12.4. The van der Waals surface area contributed by atoms with E-state index in [-0.39, 0.29) is 5.43 Å². The molecule has 1 heterocycles. The zero-order valence-corrected chi connectivity index (χ0v) is 12.3. The molecule has 21 heavy (non-hydrogen) atoms. The van der Waals surface area contributed by atoms with Gasteiger partial charge in [-0.1, -0.05) is 30.3 Å². The minimum Gasteiger partial charge on any atom is -0.496 e. The Balaban J connectivity index is 2.35. The number of hydrogen-bond acceptors (Lipinski definition) is 3. The molecule has 0 spiro atoms. The molecule has 3 aromatic rings. The SMILES string of the molecule is COc1cc2oc(-c3ccccc3)cc(=O)c2c(C)c1C. The second kappa shape index (κ2) is 5.09. The van der Waals surface area contributed by atoms with Crippen molar-refractivity contribution in [1.29, 1.82) is 0 Å². The molecule has 0 unspecified atom stereocenters. The molecule has 0 fully saturated rings. The Morgan fingerprint density at radius 3 is 2.38 bits per heavy atom. The van der Waals surface area contributed by atoms with Gasteiger partial charge in [0.1, 0.15) is 17.1 Å². The topological polar surface area (TPSA) is 39.4 Å². The maximum absolute atomic E-state index is 12.4. The van der Waals surface area contributed by atoms with Crippen molar-refractivity contribution >= 4 is 11.0 Å². The van der Waals surface area contributed by atoms with Crippen molar-refractivity contribution in [2.24, 2.45) is 0 Å². The van der Waals surface area contributed by atoms with Gasteiger partial charge in [-0.3, -0.25) is 4.79 Å². The van der Waals surface area contributed by atoms with E-state index in [0.29, 0.717) is 16.7 Å². The summed E-state index contributed by atoms with van der Waals surface area (Å²) < 4.78 is 11.3. The van der Waals surface area contributed by atoms with Crippen molar-refractivity contribution in [2.75, 3.05) is 7.11 Å². The normalized spacial score (nSPS) is 10.8. The van der Waals surface area contributed by atoms with E-state index < -0.39 is 0 Å². The number of methoxy groups -OCH3 is 1. The molecule has 0 saturated carbocycles. The maximum atomic E-state index is 12.4. The van der Waals surface area contributed by atoms with Crippen molar-refractivity contribution in [3.63, 3.8) is 0 Å². The fourth-order valence-corrected chi connectivity index (χ4v) is 2.54. The standard InChI is InChI=1S/C18H16O3/c1-11-12(2)18-14(19)9-16(13-7-5-4-6-8-13)21-17(18)10-15(11)20-3/h4-10H,1-3H3. The summed E-state index contributed by atoms with van der Waals surface area (Å²) >= 11 is 0. The highest BCUT2D eigenvalue weighted by molar-refractivity contribution is 5.85. The predicted molar refractivity (Wildman–Crippen MR) is 83.9 cm³/mol. The summed E-state index contributed by atoms with van der Waals surface area (Å²) in [6.07, 6.45) is 0. The summed E-state index contributed by atoms with van der Waals surface area (Å²) in [5.41, 5.74) is 3.27. The first kappa shape index (κ1) is 13.4. The monoisotopic (exact) mass is 280 g/mol. The number of fused-ring (bicyclic) bond motifs is 1. The van der Waals surface area contributed by atoms with Gasteiger partial charge in [0.2, 0.25) is 0 Å². The third-order valence-electron chi connectivity index (χ3n) is 3.82. The van der Waals surface area contributed by atoms with E-state index in [0.717, 1.165) is 22.4 Å². The summed E-state index contributed by atoms with van der Waals surface area (Å²) in [6, 6.07) is 12.9. The third kappa shape index (κ3) is 2.21. The number of aryl methyl sites for hydroxylation is 1. The molecule has 3 nitrogen and oxygen atoms in total. The molecular weight excluding hydrogens is 264 g/mol. The maximum Gasteiger partial charge on any atom is 0.193 e. The van der Waals surface area contributed by atoms with Crippen molar-refractivity contribution in [3.05, 3.63) is 63.8 Å². The van der Waals surface area contributed by atoms with Gasteiger partial charge in [-0.05, 0) is 25.0 Å². The average Bonchev–Trinajstić information content (AvgIpc) is 2.51. The molecular formula is C18H16O3. The van der Waals surface area contributed by atoms with E-state index in [1.807, 2.05) is 44.2 Å². The van der Waals surface area contributed by atoms with Crippen LogP contribution in [0, 0.1) is 13.8 Å². The van der Waals surface area contributed by atoms with E-state index in [1.165, 1.54) is 0 Å². The van der Waals surface area contributed by atoms with Crippen LogP contribution in [-0.4, -0.2) is 7.11 Å². The van der Waals surface area contributed by atoms with Crippen LogP contribution in [0.15, 0.2) is 51.7 Å². The second-order valence-electron chi connectivity index (χ2n) is 5.04. The molecule has 3 heteroatoms. The Morgan fingerprint density at radius 1 is 1.00 bits per heavy atom. The zero-order chi connectivity index (χ0) is 15.0. The lowest BCUT2D eigenvalue weighted by molar-refractivity contribution is 0.411. The molecule has 0 amide bonds. The minimum atomic E-state index is -0.0293. The molecule has 0 radical (unpaired) electrons. The van der Waals surface area contributed by atoms with Gasteiger partial charge in [-0.2, -0.15) is 0 Å². The fourth-order valence-electron chi connectivity index (χ4n) is 2.54. The van der Waals surface area contributed by atoms with Crippen molar-refractivity contribution in [1.82, 2.24) is 0 Å². The predicted octanol–water partition coefficient (Wildman–Crippen LogP) is 4.09. The Labute approximate surface area is 122 Å². The van der Waals surface area contributed by atoms with Crippen molar-refractivity contribution < 1.29 is 9.15 Å². The molecule has 0 bridgehead atoms. The fraction of sp³-hybridized carbons (Fsp3) is 0.167. The van der Waals surface area contributed by atoms with E-state index in [9.17, 15) is 4.79 Å². The molecule has 0 aliphatic heterocycles. The van der Waals surface area contributed by atoms with E-state index in [1.54, 1.807) is 19.2 Å². The smallest absolute Gasteiger partial charge is 0.193 e. The number of benzene rings is 2. The Kier molecular flexibility index (Phi) is 3.26. The largest absolute Gasteiger partial charge is 0.496 e. The van der Waals surface area contributed by atoms with Crippen LogP contribution >= 0.6 is 0 Å². The first-order chi connectivity index (χ1) is 10.1.